The van der Waals surface area contributed by atoms with E-state index in [4.69, 9.17) is 5.11 Å². The van der Waals surface area contributed by atoms with Gasteiger partial charge >= 0.3 is 63.2 Å². The van der Waals surface area contributed by atoms with Gasteiger partial charge < -0.3 is 66.3 Å². The Morgan fingerprint density at radius 1 is 0.600 bits per heavy atom. The summed E-state index contributed by atoms with van der Waals surface area (Å²) in [6.07, 6.45) is 8.71. The van der Waals surface area contributed by atoms with Gasteiger partial charge in [-0.25, -0.2) is 0 Å². The summed E-state index contributed by atoms with van der Waals surface area (Å²) in [5, 5.41) is 8.00. The summed E-state index contributed by atoms with van der Waals surface area (Å²) < 4.78 is 0. The van der Waals surface area contributed by atoms with Crippen LogP contribution < -0.4 is 0 Å². The summed E-state index contributed by atoms with van der Waals surface area (Å²) in [5.74, 6) is 22.5. The van der Waals surface area contributed by atoms with Gasteiger partial charge in [0.05, 0.1) is 0 Å². The van der Waals surface area contributed by atoms with Crippen LogP contribution in [0.1, 0.15) is 148 Å². The normalized spacial score (nSPS) is 6.04. The molecule has 9 heteroatoms. The van der Waals surface area contributed by atoms with Gasteiger partial charge in [-0.3, -0.25) is 4.98 Å². The van der Waals surface area contributed by atoms with E-state index in [9.17, 15) is 19.2 Å². The second-order valence-corrected chi connectivity index (χ2v) is 8.47. The number of ketones is 4. The fourth-order valence-corrected chi connectivity index (χ4v) is 1.31. The van der Waals surface area contributed by atoms with Crippen molar-refractivity contribution in [1.82, 2.24) is 4.98 Å². The molecule has 0 radical (unpaired) electrons. The van der Waals surface area contributed by atoms with Gasteiger partial charge in [-0.15, -0.1) is 54.3 Å². The van der Waals surface area contributed by atoms with E-state index in [2.05, 4.69) is 115 Å². The average Bonchev–Trinajstić information content (AvgIpc) is 3.06. The van der Waals surface area contributed by atoms with Crippen LogP contribution in [0.4, 0.5) is 0 Å². The minimum absolute atomic E-state index is 0. The van der Waals surface area contributed by atoms with Crippen molar-refractivity contribution in [2.45, 2.75) is 149 Å². The topological polar surface area (TPSA) is 101 Å². The molecule has 0 aromatic carbocycles. The van der Waals surface area contributed by atoms with E-state index in [1.54, 1.807) is 13.1 Å². The first-order chi connectivity index (χ1) is 23.5. The molecule has 0 saturated carbocycles. The molecule has 0 fully saturated rings. The number of aryl methyl sites for hydroxylation is 1. The number of carbonyl (C=O) groups is 4. The molecule has 0 bridgehead atoms. The van der Waals surface area contributed by atoms with E-state index < -0.39 is 0 Å². The fraction of sp³-hybridized carbons (Fsp3) is 0.500. The fourth-order valence-electron chi connectivity index (χ4n) is 1.31. The van der Waals surface area contributed by atoms with Gasteiger partial charge in [0.15, 0.2) is 0 Å². The molecule has 0 amide bonds. The SMILES string of the molecule is C.CC.CCC#CCC.CCC#CCC.CCC(C)=O.Cc1ccccn1.[CH2-]C(C)=O.[CH2-]C(C)=O.[CH2-]C(C)=O.[CH2-]CC#CCC.[CH2-]CC#CCO.[CH3-].[W+2].[W+2].[W+2]. The number of aromatic nitrogens is 1. The first-order valence-electron chi connectivity index (χ1n) is 16.9. The molecule has 0 spiro atoms. The zero-order valence-corrected chi connectivity index (χ0v) is 45.3. The Morgan fingerprint density at radius 2 is 0.836 bits per heavy atom. The van der Waals surface area contributed by atoms with Crippen molar-refractivity contribution in [3.63, 3.8) is 0 Å². The van der Waals surface area contributed by atoms with E-state index in [0.29, 0.717) is 12.8 Å². The molecule has 1 heterocycles. The Hall–Kier alpha value is -2.30. The van der Waals surface area contributed by atoms with Gasteiger partial charge in [-0.05, 0) is 64.1 Å². The molecule has 6 nitrogen and oxygen atoms in total. The summed E-state index contributed by atoms with van der Waals surface area (Å²) in [6, 6.07) is 5.86. The molecule has 0 aliphatic rings. The maximum absolute atomic E-state index is 9.81. The minimum atomic E-state index is -0.0833. The standard InChI is InChI=1S/C6H7N.2C6H10.C6H9.C5H7O.C4H8O.3C3H5O.C2H6.CH4.CH3.3W/c1-6-4-2-3-5-7-6;3*1-3-5-6-4-2;1-2-3-4-5-6;1-3-4(2)5;3*1-3(2)4;1-2;;;;;/h2-5H,1H3;2*3-4H2,1-2H3;1,3-4H2,2H3;6H,1-2,5H2;3H2,1-2H3;3*1H2,2H3;1-2H3;1H4;1H3;;;/q;;;2*-1;;3*-1;;;-1;3*+2. The van der Waals surface area contributed by atoms with Gasteiger partial charge in [-0.1, -0.05) is 74.8 Å². The summed E-state index contributed by atoms with van der Waals surface area (Å²) in [4.78, 5) is 41.8. The third-order valence-electron chi connectivity index (χ3n) is 3.02. The zero-order chi connectivity index (χ0) is 41.4. The minimum Gasteiger partial charge on any atom is -0.384 e. The Balaban J connectivity index is -0.0000000283. The van der Waals surface area contributed by atoms with Gasteiger partial charge in [0.25, 0.3) is 0 Å². The van der Waals surface area contributed by atoms with Crippen LogP contribution >= 0.6 is 0 Å². The number of aliphatic hydroxyl groups is 1. The number of pyridine rings is 1. The molecule has 0 unspecified atom stereocenters. The summed E-state index contributed by atoms with van der Waals surface area (Å²) >= 11 is 0. The van der Waals surface area contributed by atoms with Crippen molar-refractivity contribution >= 4 is 23.1 Å². The quantitative estimate of drug-likeness (QED) is 0.222. The monoisotopic (exact) mass is 1280 g/mol. The van der Waals surface area contributed by atoms with Crippen molar-refractivity contribution in [3.8, 4) is 47.4 Å². The van der Waals surface area contributed by atoms with Crippen molar-refractivity contribution in [2.24, 2.45) is 0 Å². The van der Waals surface area contributed by atoms with Crippen LogP contribution in [0.3, 0.4) is 0 Å². The zero-order valence-electron chi connectivity index (χ0n) is 36.5. The second-order valence-electron chi connectivity index (χ2n) is 8.47. The third kappa shape index (κ3) is 329. The van der Waals surface area contributed by atoms with Crippen LogP contribution in [0.15, 0.2) is 24.4 Å². The van der Waals surface area contributed by atoms with Crippen molar-refractivity contribution in [3.05, 3.63) is 72.1 Å². The Bertz CT molecular complexity index is 918. The van der Waals surface area contributed by atoms with E-state index in [1.807, 2.05) is 52.8 Å². The number of carbonyl (C=O) groups excluding carboxylic acids is 4. The summed E-state index contributed by atoms with van der Waals surface area (Å²) in [5.41, 5.74) is 1.07. The second kappa shape index (κ2) is 110. The van der Waals surface area contributed by atoms with Gasteiger partial charge in [0.1, 0.15) is 12.4 Å². The maximum Gasteiger partial charge on any atom is 2.00 e. The van der Waals surface area contributed by atoms with Gasteiger partial charge in [0, 0.05) is 50.4 Å². The predicted octanol–water partition coefficient (Wildman–Crippen LogP) is 11.2. The van der Waals surface area contributed by atoms with Gasteiger partial charge in [-0.2, -0.15) is 0 Å². The molecule has 316 valence electrons. The molecule has 0 aliphatic heterocycles. The van der Waals surface area contributed by atoms with E-state index in [1.165, 1.54) is 20.8 Å². The molecule has 55 heavy (non-hydrogen) atoms. The van der Waals surface area contributed by atoms with Crippen LogP contribution in [-0.4, -0.2) is 39.8 Å². The number of hydrogen-bond acceptors (Lipinski definition) is 6. The summed E-state index contributed by atoms with van der Waals surface area (Å²) in [6.45, 7) is 39.9. The average molecular weight is 1280 g/mol. The van der Waals surface area contributed by atoms with Crippen molar-refractivity contribution < 1.29 is 87.5 Å². The number of rotatable bonds is 1. The largest absolute Gasteiger partial charge is 2.00 e. The first-order valence-corrected chi connectivity index (χ1v) is 16.9. The molecule has 0 aliphatic carbocycles. The third-order valence-corrected chi connectivity index (χ3v) is 3.02. The number of nitrogens with zero attached hydrogens (tertiary/aromatic N) is 1. The molecule has 1 N–H and O–H groups in total. The van der Waals surface area contributed by atoms with Crippen molar-refractivity contribution in [2.75, 3.05) is 6.61 Å². The Kier molecular flexibility index (Phi) is 189. The number of hydrogen-bond donors (Lipinski definition) is 1. The Labute approximate surface area is 387 Å². The summed E-state index contributed by atoms with van der Waals surface area (Å²) in [7, 11) is 0. The predicted molar refractivity (Wildman–Crippen MR) is 232 cm³/mol. The van der Waals surface area contributed by atoms with Crippen LogP contribution in [0.25, 0.3) is 0 Å². The molecular weight excluding hydrogens is 1200 g/mol. The molecule has 0 saturated heterocycles. The molecule has 1 aromatic rings. The molecular formula is C46H79NO5W3. The van der Waals surface area contributed by atoms with E-state index in [-0.39, 0.29) is 108 Å². The van der Waals surface area contributed by atoms with Crippen molar-refractivity contribution in [1.29, 1.82) is 0 Å². The van der Waals surface area contributed by atoms with Crippen LogP contribution in [0.2, 0.25) is 0 Å². The van der Waals surface area contributed by atoms with Crippen LogP contribution in [0, 0.1) is 96.3 Å². The molecule has 1 aromatic heterocycles. The van der Waals surface area contributed by atoms with Gasteiger partial charge in [0.2, 0.25) is 0 Å². The smallest absolute Gasteiger partial charge is 0.384 e. The van der Waals surface area contributed by atoms with Crippen LogP contribution in [-0.2, 0) is 82.4 Å². The molecule has 0 atom stereocenters. The number of Topliss-reactive ketones (excluding diaryl/α,β-unsaturated/α-hetero) is 4. The van der Waals surface area contributed by atoms with E-state index >= 15 is 0 Å². The van der Waals surface area contributed by atoms with Crippen LogP contribution in [0.5, 0.6) is 0 Å². The first kappa shape index (κ1) is 94.1. The number of aliphatic hydroxyl groups excluding tert-OH is 1. The van der Waals surface area contributed by atoms with E-state index in [0.717, 1.165) is 44.2 Å². The Morgan fingerprint density at radius 3 is 0.927 bits per heavy atom. The maximum atomic E-state index is 9.81. The molecule has 1 rings (SSSR count).